The Morgan fingerprint density at radius 3 is 2.70 bits per heavy atom. The maximum absolute atomic E-state index is 8.72. The van der Waals surface area contributed by atoms with E-state index in [1.54, 1.807) is 31.2 Å². The average Bonchev–Trinajstić information content (AvgIpc) is 2.40. The van der Waals surface area contributed by atoms with Crippen LogP contribution in [0, 0.1) is 13.8 Å². The van der Waals surface area contributed by atoms with Crippen molar-refractivity contribution in [1.29, 1.82) is 0 Å². The van der Waals surface area contributed by atoms with Crippen LogP contribution in [0.4, 0.5) is 0 Å². The molecule has 0 spiro atoms. The fraction of sp³-hybridized carbons (Fsp3) is 0.143. The van der Waals surface area contributed by atoms with Crippen molar-refractivity contribution in [2.45, 2.75) is 13.8 Å². The minimum atomic E-state index is -0.00430. The Bertz CT molecular complexity index is 671. The van der Waals surface area contributed by atoms with E-state index in [0.29, 0.717) is 27.9 Å². The quantitative estimate of drug-likeness (QED) is 0.394. The molecule has 1 heterocycles. The molecule has 0 saturated carbocycles. The third-order valence-corrected chi connectivity index (χ3v) is 2.93. The molecule has 5 nitrogen and oxygen atoms in total. The zero-order valence-corrected chi connectivity index (χ0v) is 11.8. The Morgan fingerprint density at radius 1 is 1.30 bits per heavy atom. The summed E-state index contributed by atoms with van der Waals surface area (Å²) in [5.41, 5.74) is 7.82. The molecule has 0 aliphatic carbocycles. The van der Waals surface area contributed by atoms with E-state index in [-0.39, 0.29) is 5.84 Å². The van der Waals surface area contributed by atoms with Gasteiger partial charge in [-0.3, -0.25) is 0 Å². The molecule has 1 aromatic carbocycles. The normalized spacial score (nSPS) is 11.4. The summed E-state index contributed by atoms with van der Waals surface area (Å²) in [6.07, 6.45) is 0. The molecule has 0 amide bonds. The van der Waals surface area contributed by atoms with Crippen LogP contribution in [0.15, 0.2) is 35.5 Å². The lowest BCUT2D eigenvalue weighted by Gasteiger charge is -2.09. The molecule has 2 aromatic rings. The Balaban J connectivity index is 2.36. The van der Waals surface area contributed by atoms with Crippen LogP contribution in [-0.2, 0) is 0 Å². The molecular formula is C14H14ClN3O2. The second kappa shape index (κ2) is 5.79. The number of pyridine rings is 1. The zero-order chi connectivity index (χ0) is 14.7. The van der Waals surface area contributed by atoms with Gasteiger partial charge in [-0.15, -0.1) is 0 Å². The topological polar surface area (TPSA) is 80.7 Å². The molecular weight excluding hydrogens is 278 g/mol. The van der Waals surface area contributed by atoms with Gasteiger partial charge in [0, 0.05) is 17.3 Å². The van der Waals surface area contributed by atoms with Crippen LogP contribution in [0.5, 0.6) is 11.6 Å². The van der Waals surface area contributed by atoms with Crippen molar-refractivity contribution in [3.63, 3.8) is 0 Å². The molecule has 0 radical (unpaired) electrons. The highest BCUT2D eigenvalue weighted by molar-refractivity contribution is 6.32. The van der Waals surface area contributed by atoms with E-state index < -0.39 is 0 Å². The van der Waals surface area contributed by atoms with Crippen LogP contribution in [0.2, 0.25) is 5.02 Å². The fourth-order valence-corrected chi connectivity index (χ4v) is 1.97. The van der Waals surface area contributed by atoms with Crippen molar-refractivity contribution < 1.29 is 9.94 Å². The number of amidine groups is 1. The number of aromatic nitrogens is 1. The summed E-state index contributed by atoms with van der Waals surface area (Å²) in [7, 11) is 0. The van der Waals surface area contributed by atoms with Crippen LogP contribution in [0.3, 0.4) is 0 Å². The highest BCUT2D eigenvalue weighted by atomic mass is 35.5. The van der Waals surface area contributed by atoms with Gasteiger partial charge in [-0.2, -0.15) is 0 Å². The first kappa shape index (κ1) is 14.1. The summed E-state index contributed by atoms with van der Waals surface area (Å²) >= 11 is 6.11. The molecule has 1 aromatic heterocycles. The van der Waals surface area contributed by atoms with Crippen molar-refractivity contribution in [1.82, 2.24) is 4.98 Å². The molecule has 2 rings (SSSR count). The van der Waals surface area contributed by atoms with Crippen molar-refractivity contribution >= 4 is 17.4 Å². The Morgan fingerprint density at radius 2 is 2.05 bits per heavy atom. The number of rotatable bonds is 3. The van der Waals surface area contributed by atoms with Gasteiger partial charge in [-0.05, 0) is 37.6 Å². The van der Waals surface area contributed by atoms with Crippen LogP contribution in [0.25, 0.3) is 0 Å². The SMILES string of the molecule is Cc1ccc(Oc2cc(/C(N)=N/O)cc(C)n2)c(Cl)c1. The average molecular weight is 292 g/mol. The van der Waals surface area contributed by atoms with E-state index in [1.807, 2.05) is 13.0 Å². The second-order valence-electron chi connectivity index (χ2n) is 4.36. The summed E-state index contributed by atoms with van der Waals surface area (Å²) in [6, 6.07) is 8.74. The van der Waals surface area contributed by atoms with E-state index in [4.69, 9.17) is 27.3 Å². The maximum Gasteiger partial charge on any atom is 0.220 e. The number of oxime groups is 1. The minimum Gasteiger partial charge on any atom is -0.437 e. The number of nitrogens with zero attached hydrogens (tertiary/aromatic N) is 2. The predicted molar refractivity (Wildman–Crippen MR) is 77.7 cm³/mol. The first-order valence-electron chi connectivity index (χ1n) is 5.90. The summed E-state index contributed by atoms with van der Waals surface area (Å²) < 4.78 is 5.65. The number of aryl methyl sites for hydroxylation is 2. The molecule has 6 heteroatoms. The lowest BCUT2D eigenvalue weighted by atomic mass is 10.2. The highest BCUT2D eigenvalue weighted by Gasteiger charge is 2.08. The Hall–Kier alpha value is -2.27. The zero-order valence-electron chi connectivity index (χ0n) is 11.1. The third kappa shape index (κ3) is 3.19. The van der Waals surface area contributed by atoms with Gasteiger partial charge >= 0.3 is 0 Å². The standard InChI is InChI=1S/C14H14ClN3O2/c1-8-3-4-12(11(15)5-8)20-13-7-10(14(16)18-19)6-9(2)17-13/h3-7,19H,1-2H3,(H2,16,18). The first-order valence-corrected chi connectivity index (χ1v) is 6.28. The van der Waals surface area contributed by atoms with E-state index in [1.165, 1.54) is 0 Å². The van der Waals surface area contributed by atoms with Crippen molar-refractivity contribution in [2.75, 3.05) is 0 Å². The smallest absolute Gasteiger partial charge is 0.220 e. The Labute approximate surface area is 121 Å². The van der Waals surface area contributed by atoms with Crippen LogP contribution in [0.1, 0.15) is 16.8 Å². The van der Waals surface area contributed by atoms with Crippen molar-refractivity contribution in [3.8, 4) is 11.6 Å². The van der Waals surface area contributed by atoms with Gasteiger partial charge in [0.1, 0.15) is 5.75 Å². The number of hydrogen-bond donors (Lipinski definition) is 2. The monoisotopic (exact) mass is 291 g/mol. The molecule has 0 aliphatic heterocycles. The minimum absolute atomic E-state index is 0.00430. The molecule has 0 atom stereocenters. The van der Waals surface area contributed by atoms with E-state index >= 15 is 0 Å². The van der Waals surface area contributed by atoms with Gasteiger partial charge in [0.15, 0.2) is 5.84 Å². The molecule has 0 fully saturated rings. The van der Waals surface area contributed by atoms with Crippen LogP contribution < -0.4 is 10.5 Å². The van der Waals surface area contributed by atoms with Gasteiger partial charge in [-0.1, -0.05) is 22.8 Å². The molecule has 0 bridgehead atoms. The number of hydrogen-bond acceptors (Lipinski definition) is 4. The molecule has 0 aliphatic rings. The summed E-state index contributed by atoms with van der Waals surface area (Å²) in [5.74, 6) is 0.827. The summed E-state index contributed by atoms with van der Waals surface area (Å²) in [5, 5.41) is 12.2. The lowest BCUT2D eigenvalue weighted by molar-refractivity contribution is 0.318. The summed E-state index contributed by atoms with van der Waals surface area (Å²) in [6.45, 7) is 3.73. The molecule has 20 heavy (non-hydrogen) atoms. The van der Waals surface area contributed by atoms with Crippen molar-refractivity contribution in [3.05, 3.63) is 52.2 Å². The predicted octanol–water partition coefficient (Wildman–Crippen LogP) is 3.24. The van der Waals surface area contributed by atoms with Gasteiger partial charge in [0.05, 0.1) is 5.02 Å². The second-order valence-corrected chi connectivity index (χ2v) is 4.76. The van der Waals surface area contributed by atoms with E-state index in [2.05, 4.69) is 10.1 Å². The largest absolute Gasteiger partial charge is 0.437 e. The summed E-state index contributed by atoms with van der Waals surface area (Å²) in [4.78, 5) is 4.24. The fourth-order valence-electron chi connectivity index (χ4n) is 1.70. The van der Waals surface area contributed by atoms with Gasteiger partial charge in [0.25, 0.3) is 0 Å². The lowest BCUT2D eigenvalue weighted by Crippen LogP contribution is -2.13. The molecule has 3 N–H and O–H groups in total. The maximum atomic E-state index is 8.72. The number of benzene rings is 1. The van der Waals surface area contributed by atoms with Gasteiger partial charge in [0.2, 0.25) is 5.88 Å². The van der Waals surface area contributed by atoms with E-state index in [0.717, 1.165) is 5.56 Å². The van der Waals surface area contributed by atoms with Crippen LogP contribution >= 0.6 is 11.6 Å². The number of nitrogens with two attached hydrogens (primary N) is 1. The Kier molecular flexibility index (Phi) is 4.10. The molecule has 0 unspecified atom stereocenters. The third-order valence-electron chi connectivity index (χ3n) is 2.64. The number of ether oxygens (including phenoxy) is 1. The molecule has 0 saturated heterocycles. The molecule has 104 valence electrons. The van der Waals surface area contributed by atoms with Gasteiger partial charge < -0.3 is 15.7 Å². The van der Waals surface area contributed by atoms with Crippen LogP contribution in [-0.4, -0.2) is 16.0 Å². The highest BCUT2D eigenvalue weighted by Crippen LogP contribution is 2.29. The first-order chi connectivity index (χ1) is 9.49. The van der Waals surface area contributed by atoms with Gasteiger partial charge in [-0.25, -0.2) is 4.98 Å². The van der Waals surface area contributed by atoms with E-state index in [9.17, 15) is 0 Å². The number of halogens is 1. The van der Waals surface area contributed by atoms with Crippen molar-refractivity contribution in [2.24, 2.45) is 10.9 Å².